The van der Waals surface area contributed by atoms with Gasteiger partial charge in [-0.3, -0.25) is 4.79 Å². The number of carbonyl (C=O) groups excluding carboxylic acids is 1. The molecule has 1 aliphatic carbocycles. The Labute approximate surface area is 156 Å². The molecule has 5 heteroatoms. The van der Waals surface area contributed by atoms with E-state index in [4.69, 9.17) is 15.6 Å². The average Bonchev–Trinajstić information content (AvgIpc) is 2.93. The molecule has 0 heterocycles. The van der Waals surface area contributed by atoms with Crippen LogP contribution in [-0.2, 0) is 9.53 Å². The van der Waals surface area contributed by atoms with Gasteiger partial charge in [-0.15, -0.1) is 0 Å². The maximum atomic E-state index is 11.7. The van der Waals surface area contributed by atoms with Crippen molar-refractivity contribution in [3.05, 3.63) is 59.9 Å². The number of carbonyl (C=O) groups is 1. The van der Waals surface area contributed by atoms with E-state index in [2.05, 4.69) is 18.3 Å². The van der Waals surface area contributed by atoms with Gasteiger partial charge in [0.2, 0.25) is 5.91 Å². The molecule has 0 aliphatic heterocycles. The van der Waals surface area contributed by atoms with Crippen LogP contribution in [0.5, 0.6) is 0 Å². The fourth-order valence-electron chi connectivity index (χ4n) is 2.23. The van der Waals surface area contributed by atoms with E-state index in [9.17, 15) is 4.79 Å². The fourth-order valence-corrected chi connectivity index (χ4v) is 2.23. The molecule has 4 N–H and O–H groups in total. The van der Waals surface area contributed by atoms with Crippen molar-refractivity contribution in [1.82, 2.24) is 0 Å². The summed E-state index contributed by atoms with van der Waals surface area (Å²) >= 11 is 0. The Bertz CT molecular complexity index is 646. The molecule has 1 amide bonds. The average molecular weight is 358 g/mol. The number of nitrogens with one attached hydrogen (secondary N) is 1. The molecule has 26 heavy (non-hydrogen) atoms. The normalized spacial score (nSPS) is 14.2. The highest BCUT2D eigenvalue weighted by Crippen LogP contribution is 2.25. The summed E-state index contributed by atoms with van der Waals surface area (Å²) in [6.07, 6.45) is 9.88. The highest BCUT2D eigenvalue weighted by Gasteiger charge is 2.12. The smallest absolute Gasteiger partial charge is 0.243 e. The van der Waals surface area contributed by atoms with Gasteiger partial charge in [0.05, 0.1) is 13.2 Å². The first-order chi connectivity index (χ1) is 12.6. The van der Waals surface area contributed by atoms with E-state index < -0.39 is 11.9 Å². The number of ether oxygens (including phenoxy) is 1. The van der Waals surface area contributed by atoms with Crippen molar-refractivity contribution in [2.24, 2.45) is 5.73 Å². The monoisotopic (exact) mass is 358 g/mol. The maximum Gasteiger partial charge on any atom is 0.243 e. The van der Waals surface area contributed by atoms with Gasteiger partial charge in [0.1, 0.15) is 11.8 Å². The van der Waals surface area contributed by atoms with Crippen molar-refractivity contribution in [3.8, 4) is 0 Å². The van der Waals surface area contributed by atoms with Gasteiger partial charge < -0.3 is 20.9 Å². The van der Waals surface area contributed by atoms with Crippen LogP contribution in [0, 0.1) is 0 Å². The lowest BCUT2D eigenvalue weighted by Gasteiger charge is -2.11. The topological polar surface area (TPSA) is 84.6 Å². The summed E-state index contributed by atoms with van der Waals surface area (Å²) in [6, 6.07) is 6.62. The second kappa shape index (κ2) is 12.1. The van der Waals surface area contributed by atoms with Crippen molar-refractivity contribution in [2.45, 2.75) is 39.7 Å². The minimum atomic E-state index is -0.914. The molecule has 142 valence electrons. The number of hydrogen-bond donors (Lipinski definition) is 3. The van der Waals surface area contributed by atoms with Crippen LogP contribution >= 0.6 is 0 Å². The first kappa shape index (κ1) is 21.7. The molecule has 1 aromatic carbocycles. The van der Waals surface area contributed by atoms with Crippen LogP contribution in [0.25, 0.3) is 5.57 Å². The first-order valence-corrected chi connectivity index (χ1v) is 9.12. The molecular formula is C21H30N2O3. The largest absolute Gasteiger partial charge is 0.494 e. The molecule has 0 radical (unpaired) electrons. The lowest BCUT2D eigenvalue weighted by molar-refractivity contribution is -0.118. The Morgan fingerprint density at radius 2 is 2.00 bits per heavy atom. The quantitative estimate of drug-likeness (QED) is 0.695. The minimum Gasteiger partial charge on any atom is -0.494 e. The van der Waals surface area contributed by atoms with Crippen LogP contribution in [0.1, 0.15) is 39.2 Å². The lowest BCUT2D eigenvalue weighted by Crippen LogP contribution is -2.38. The number of hydrogen-bond acceptors (Lipinski definition) is 4. The highest BCUT2D eigenvalue weighted by atomic mass is 16.5. The maximum absolute atomic E-state index is 11.7. The molecule has 2 rings (SSSR count). The molecule has 1 unspecified atom stereocenters. The van der Waals surface area contributed by atoms with Crippen LogP contribution in [0.2, 0.25) is 0 Å². The molecule has 1 atom stereocenters. The van der Waals surface area contributed by atoms with E-state index in [0.29, 0.717) is 12.3 Å². The predicted molar refractivity (Wildman–Crippen MR) is 108 cm³/mol. The predicted octanol–water partition coefficient (Wildman–Crippen LogP) is 3.62. The second-order valence-corrected chi connectivity index (χ2v) is 5.58. The SMILES string of the molecule is CC.CCCOC1=CC=CCC(c2ccc(NC(=O)C(N)CO)cc2)=C1. The van der Waals surface area contributed by atoms with E-state index in [1.807, 2.05) is 56.3 Å². The number of anilines is 1. The summed E-state index contributed by atoms with van der Waals surface area (Å²) in [5, 5.41) is 11.6. The molecule has 0 spiro atoms. The molecule has 0 fully saturated rings. The molecule has 1 aromatic rings. The minimum absolute atomic E-state index is 0.379. The zero-order chi connectivity index (χ0) is 19.4. The number of nitrogens with two attached hydrogens (primary N) is 1. The van der Waals surface area contributed by atoms with Gasteiger partial charge in [-0.2, -0.15) is 0 Å². The second-order valence-electron chi connectivity index (χ2n) is 5.58. The van der Waals surface area contributed by atoms with E-state index in [1.165, 1.54) is 0 Å². The van der Waals surface area contributed by atoms with Crippen molar-refractivity contribution < 1.29 is 14.6 Å². The van der Waals surface area contributed by atoms with Gasteiger partial charge >= 0.3 is 0 Å². The number of aliphatic hydroxyl groups excluding tert-OH is 1. The van der Waals surface area contributed by atoms with Crippen molar-refractivity contribution in [1.29, 1.82) is 0 Å². The zero-order valence-corrected chi connectivity index (χ0v) is 15.9. The van der Waals surface area contributed by atoms with Crippen LogP contribution in [-0.4, -0.2) is 30.3 Å². The highest BCUT2D eigenvalue weighted by molar-refractivity contribution is 5.94. The standard InChI is InChI=1S/C19H24N2O3.C2H6/c1-2-11-24-17-6-4-3-5-15(12-17)14-7-9-16(10-8-14)21-19(23)18(20)13-22;1-2/h3-4,6-10,12,18,22H,2,5,11,13,20H2,1H3,(H,21,23);1-2H3. The molecule has 1 aliphatic rings. The summed E-state index contributed by atoms with van der Waals surface area (Å²) in [6.45, 7) is 6.39. The first-order valence-electron chi connectivity index (χ1n) is 9.12. The van der Waals surface area contributed by atoms with Gasteiger partial charge in [-0.05, 0) is 48.3 Å². The number of rotatable bonds is 7. The van der Waals surface area contributed by atoms with Crippen molar-refractivity contribution in [2.75, 3.05) is 18.5 Å². The van der Waals surface area contributed by atoms with Crippen molar-refractivity contribution >= 4 is 17.2 Å². The number of allylic oxidation sites excluding steroid dienone is 5. The number of benzene rings is 1. The molecule has 0 bridgehead atoms. The summed E-state index contributed by atoms with van der Waals surface area (Å²) < 4.78 is 5.72. The summed E-state index contributed by atoms with van der Waals surface area (Å²) in [5.74, 6) is 0.451. The molecular weight excluding hydrogens is 328 g/mol. The van der Waals surface area contributed by atoms with Crippen LogP contribution in [0.15, 0.2) is 54.3 Å². The van der Waals surface area contributed by atoms with E-state index in [-0.39, 0.29) is 6.61 Å². The number of amides is 1. The van der Waals surface area contributed by atoms with E-state index in [1.54, 1.807) is 0 Å². The Balaban J connectivity index is 0.00000163. The Morgan fingerprint density at radius 3 is 2.62 bits per heavy atom. The van der Waals surface area contributed by atoms with Crippen molar-refractivity contribution in [3.63, 3.8) is 0 Å². The molecule has 0 saturated carbocycles. The zero-order valence-electron chi connectivity index (χ0n) is 15.9. The molecule has 0 aromatic heterocycles. The van der Waals surface area contributed by atoms with Gasteiger partial charge in [-0.1, -0.05) is 45.1 Å². The van der Waals surface area contributed by atoms with Crippen LogP contribution in [0.4, 0.5) is 5.69 Å². The Morgan fingerprint density at radius 1 is 1.31 bits per heavy atom. The summed E-state index contributed by atoms with van der Waals surface area (Å²) in [7, 11) is 0. The third-order valence-corrected chi connectivity index (χ3v) is 3.58. The third kappa shape index (κ3) is 6.86. The van der Waals surface area contributed by atoms with Crippen LogP contribution < -0.4 is 11.1 Å². The summed E-state index contributed by atoms with van der Waals surface area (Å²) in [5.41, 5.74) is 8.35. The van der Waals surface area contributed by atoms with Gasteiger partial charge in [-0.25, -0.2) is 0 Å². The summed E-state index contributed by atoms with van der Waals surface area (Å²) in [4.78, 5) is 11.7. The number of aliphatic hydroxyl groups is 1. The van der Waals surface area contributed by atoms with Gasteiger partial charge in [0.15, 0.2) is 0 Å². The van der Waals surface area contributed by atoms with Gasteiger partial charge in [0.25, 0.3) is 0 Å². The third-order valence-electron chi connectivity index (χ3n) is 3.58. The van der Waals surface area contributed by atoms with E-state index in [0.717, 1.165) is 29.7 Å². The molecule has 5 nitrogen and oxygen atoms in total. The Kier molecular flexibility index (Phi) is 10.1. The fraction of sp³-hybridized carbons (Fsp3) is 0.381. The lowest BCUT2D eigenvalue weighted by atomic mass is 10.0. The van der Waals surface area contributed by atoms with Crippen LogP contribution in [0.3, 0.4) is 0 Å². The van der Waals surface area contributed by atoms with Gasteiger partial charge in [0, 0.05) is 5.69 Å². The molecule has 0 saturated heterocycles. The Hall–Kier alpha value is -2.37. The van der Waals surface area contributed by atoms with E-state index >= 15 is 0 Å².